The second-order valence-corrected chi connectivity index (χ2v) is 6.14. The molecule has 1 amide bonds. The number of aromatic nitrogens is 2. The molecule has 2 aromatic heterocycles. The predicted octanol–water partition coefficient (Wildman–Crippen LogP) is 2.50. The van der Waals surface area contributed by atoms with Crippen molar-refractivity contribution in [3.05, 3.63) is 36.3 Å². The molecular weight excluding hydrogens is 398 g/mol. The van der Waals surface area contributed by atoms with Crippen LogP contribution in [-0.4, -0.2) is 50.2 Å². The lowest BCUT2D eigenvalue weighted by molar-refractivity contribution is 0.0925. The number of hydrogen-bond acceptors (Lipinski definition) is 8. The van der Waals surface area contributed by atoms with Crippen molar-refractivity contribution in [2.45, 2.75) is 6.42 Å². The minimum Gasteiger partial charge on any atom is -0.493 e. The van der Waals surface area contributed by atoms with E-state index < -0.39 is 0 Å². The van der Waals surface area contributed by atoms with E-state index in [4.69, 9.17) is 19.6 Å². The molecule has 0 saturated carbocycles. The van der Waals surface area contributed by atoms with Crippen LogP contribution in [0.4, 0.5) is 11.8 Å². The standard InChI is InChI=1S/C19H23N5O4.ClH/c1-24(8-5-7-21-18(25)14-6-4-9-28-14)19-22-13-11-16(27-3)15(26-2)10-12(13)17(20)23-19;/h4,6,9-11H,5,7-8H2,1-3H3,(H,21,25)(H2,20,22,23);1H. The highest BCUT2D eigenvalue weighted by Gasteiger charge is 2.14. The van der Waals surface area contributed by atoms with Crippen molar-refractivity contribution in [2.24, 2.45) is 0 Å². The quantitative estimate of drug-likeness (QED) is 0.533. The van der Waals surface area contributed by atoms with Crippen molar-refractivity contribution in [2.75, 3.05) is 45.0 Å². The second kappa shape index (κ2) is 9.83. The van der Waals surface area contributed by atoms with Gasteiger partial charge in [-0.25, -0.2) is 4.98 Å². The predicted molar refractivity (Wildman–Crippen MR) is 113 cm³/mol. The van der Waals surface area contributed by atoms with Gasteiger partial charge in [-0.1, -0.05) is 0 Å². The minimum atomic E-state index is -0.236. The molecule has 0 aliphatic rings. The third kappa shape index (κ3) is 5.00. The molecule has 0 aliphatic heterocycles. The number of anilines is 2. The fourth-order valence-electron chi connectivity index (χ4n) is 2.75. The Hall–Kier alpha value is -3.20. The van der Waals surface area contributed by atoms with E-state index in [-0.39, 0.29) is 18.3 Å². The number of rotatable bonds is 8. The Bertz CT molecular complexity index is 965. The zero-order chi connectivity index (χ0) is 20.1. The summed E-state index contributed by atoms with van der Waals surface area (Å²) in [6, 6.07) is 6.83. The summed E-state index contributed by atoms with van der Waals surface area (Å²) >= 11 is 0. The number of amides is 1. The number of hydrogen-bond donors (Lipinski definition) is 2. The number of nitrogens with one attached hydrogen (secondary N) is 1. The fraction of sp³-hybridized carbons (Fsp3) is 0.316. The smallest absolute Gasteiger partial charge is 0.286 e. The number of nitrogens with zero attached hydrogens (tertiary/aromatic N) is 3. The van der Waals surface area contributed by atoms with Gasteiger partial charge in [0.25, 0.3) is 5.91 Å². The first-order chi connectivity index (χ1) is 13.5. The minimum absolute atomic E-state index is 0. The van der Waals surface area contributed by atoms with E-state index in [2.05, 4.69) is 15.3 Å². The molecule has 3 rings (SSSR count). The van der Waals surface area contributed by atoms with Gasteiger partial charge in [0, 0.05) is 31.6 Å². The number of methoxy groups -OCH3 is 2. The molecule has 9 nitrogen and oxygen atoms in total. The second-order valence-electron chi connectivity index (χ2n) is 6.14. The molecule has 0 aliphatic carbocycles. The van der Waals surface area contributed by atoms with Crippen molar-refractivity contribution in [3.8, 4) is 11.5 Å². The van der Waals surface area contributed by atoms with Gasteiger partial charge in [-0.2, -0.15) is 4.98 Å². The molecule has 0 fully saturated rings. The van der Waals surface area contributed by atoms with E-state index in [0.717, 1.165) is 0 Å². The monoisotopic (exact) mass is 421 g/mol. The highest BCUT2D eigenvalue weighted by Crippen LogP contribution is 2.33. The van der Waals surface area contributed by atoms with Gasteiger partial charge in [-0.3, -0.25) is 4.79 Å². The van der Waals surface area contributed by atoms with Crippen LogP contribution in [0.2, 0.25) is 0 Å². The molecule has 2 heterocycles. The molecular formula is C19H24ClN5O4. The summed E-state index contributed by atoms with van der Waals surface area (Å²) in [4.78, 5) is 22.7. The first-order valence-corrected chi connectivity index (χ1v) is 8.75. The summed E-state index contributed by atoms with van der Waals surface area (Å²) in [5.41, 5.74) is 6.78. The molecule has 156 valence electrons. The van der Waals surface area contributed by atoms with E-state index in [1.54, 1.807) is 38.5 Å². The molecule has 0 spiro atoms. The number of fused-ring (bicyclic) bond motifs is 1. The summed E-state index contributed by atoms with van der Waals surface area (Å²) in [6.45, 7) is 1.13. The van der Waals surface area contributed by atoms with Crippen LogP contribution in [0, 0.1) is 0 Å². The van der Waals surface area contributed by atoms with Crippen LogP contribution >= 0.6 is 12.4 Å². The Morgan fingerprint density at radius 2 is 1.97 bits per heavy atom. The number of benzene rings is 1. The van der Waals surface area contributed by atoms with Gasteiger partial charge in [0.2, 0.25) is 5.95 Å². The Balaban J connectivity index is 0.00000300. The molecule has 10 heteroatoms. The molecule has 1 aromatic carbocycles. The van der Waals surface area contributed by atoms with Gasteiger partial charge in [0.05, 0.1) is 26.0 Å². The van der Waals surface area contributed by atoms with Crippen LogP contribution in [0.3, 0.4) is 0 Å². The maximum Gasteiger partial charge on any atom is 0.286 e. The third-order valence-electron chi connectivity index (χ3n) is 4.26. The Labute approximate surface area is 174 Å². The van der Waals surface area contributed by atoms with E-state index in [0.29, 0.717) is 59.4 Å². The van der Waals surface area contributed by atoms with Gasteiger partial charge in [-0.05, 0) is 24.6 Å². The number of carbonyl (C=O) groups is 1. The Kier molecular flexibility index (Phi) is 7.49. The van der Waals surface area contributed by atoms with Crippen LogP contribution < -0.4 is 25.4 Å². The van der Waals surface area contributed by atoms with Gasteiger partial charge in [0.15, 0.2) is 17.3 Å². The number of nitrogen functional groups attached to an aromatic ring is 1. The Morgan fingerprint density at radius 1 is 1.24 bits per heavy atom. The van der Waals surface area contributed by atoms with Gasteiger partial charge in [-0.15, -0.1) is 12.4 Å². The number of nitrogens with two attached hydrogens (primary N) is 1. The zero-order valence-electron chi connectivity index (χ0n) is 16.5. The van der Waals surface area contributed by atoms with E-state index >= 15 is 0 Å². The summed E-state index contributed by atoms with van der Waals surface area (Å²) < 4.78 is 15.7. The van der Waals surface area contributed by atoms with Crippen molar-refractivity contribution >= 4 is 41.0 Å². The topological polar surface area (TPSA) is 116 Å². The van der Waals surface area contributed by atoms with Crippen molar-refractivity contribution < 1.29 is 18.7 Å². The maximum absolute atomic E-state index is 11.8. The van der Waals surface area contributed by atoms with Crippen LogP contribution in [0.1, 0.15) is 17.0 Å². The summed E-state index contributed by atoms with van der Waals surface area (Å²) in [6.07, 6.45) is 2.17. The normalized spacial score (nSPS) is 10.3. The number of halogens is 1. The third-order valence-corrected chi connectivity index (χ3v) is 4.26. The van der Waals surface area contributed by atoms with E-state index in [1.807, 2.05) is 11.9 Å². The largest absolute Gasteiger partial charge is 0.493 e. The molecule has 0 radical (unpaired) electrons. The number of carbonyl (C=O) groups excluding carboxylic acids is 1. The lowest BCUT2D eigenvalue weighted by Gasteiger charge is -2.18. The highest BCUT2D eigenvalue weighted by molar-refractivity contribution is 5.92. The molecule has 0 unspecified atom stereocenters. The van der Waals surface area contributed by atoms with Crippen LogP contribution in [0.5, 0.6) is 11.5 Å². The first-order valence-electron chi connectivity index (χ1n) is 8.75. The lowest BCUT2D eigenvalue weighted by atomic mass is 10.2. The van der Waals surface area contributed by atoms with Crippen molar-refractivity contribution in [3.63, 3.8) is 0 Å². The summed E-state index contributed by atoms with van der Waals surface area (Å²) in [5.74, 6) is 2.05. The van der Waals surface area contributed by atoms with Gasteiger partial charge < -0.3 is 29.8 Å². The summed E-state index contributed by atoms with van der Waals surface area (Å²) in [7, 11) is 5.00. The zero-order valence-corrected chi connectivity index (χ0v) is 17.3. The maximum atomic E-state index is 11.8. The number of ether oxygens (including phenoxy) is 2. The van der Waals surface area contributed by atoms with Gasteiger partial charge >= 0.3 is 0 Å². The van der Waals surface area contributed by atoms with Crippen LogP contribution in [0.15, 0.2) is 34.9 Å². The average molecular weight is 422 g/mol. The van der Waals surface area contributed by atoms with Crippen molar-refractivity contribution in [1.29, 1.82) is 0 Å². The van der Waals surface area contributed by atoms with Crippen molar-refractivity contribution in [1.82, 2.24) is 15.3 Å². The number of furan rings is 1. The van der Waals surface area contributed by atoms with Crippen LogP contribution in [0.25, 0.3) is 10.9 Å². The molecule has 29 heavy (non-hydrogen) atoms. The summed E-state index contributed by atoms with van der Waals surface area (Å²) in [5, 5.41) is 3.50. The molecule has 0 saturated heterocycles. The SMILES string of the molecule is COc1cc2nc(N(C)CCCNC(=O)c3ccco3)nc(N)c2cc1OC.Cl. The van der Waals surface area contributed by atoms with E-state index in [1.165, 1.54) is 6.26 Å². The lowest BCUT2D eigenvalue weighted by Crippen LogP contribution is -2.28. The van der Waals surface area contributed by atoms with Crippen LogP contribution in [-0.2, 0) is 0 Å². The average Bonchev–Trinajstić information content (AvgIpc) is 3.24. The highest BCUT2D eigenvalue weighted by atomic mass is 35.5. The molecule has 3 aromatic rings. The van der Waals surface area contributed by atoms with E-state index in [9.17, 15) is 4.79 Å². The fourth-order valence-corrected chi connectivity index (χ4v) is 2.75. The molecule has 0 bridgehead atoms. The molecule has 3 N–H and O–H groups in total. The van der Waals surface area contributed by atoms with Gasteiger partial charge in [0.1, 0.15) is 5.82 Å². The first kappa shape index (κ1) is 22.1. The Morgan fingerprint density at radius 3 is 2.62 bits per heavy atom. The molecule has 0 atom stereocenters.